The highest BCUT2D eigenvalue weighted by Crippen LogP contribution is 2.21. The molecule has 1 N–H and O–H groups in total. The highest BCUT2D eigenvalue weighted by Gasteiger charge is 2.08. The van der Waals surface area contributed by atoms with Crippen molar-refractivity contribution in [3.63, 3.8) is 0 Å². The number of anilines is 1. The van der Waals surface area contributed by atoms with Gasteiger partial charge in [0, 0.05) is 10.0 Å². The van der Waals surface area contributed by atoms with Crippen LogP contribution in [0.15, 0.2) is 65.7 Å². The van der Waals surface area contributed by atoms with Crippen molar-refractivity contribution in [1.29, 1.82) is 0 Å². The second-order valence-electron chi connectivity index (χ2n) is 4.72. The Labute approximate surface area is 136 Å². The van der Waals surface area contributed by atoms with Gasteiger partial charge in [0.15, 0.2) is 0 Å². The van der Waals surface area contributed by atoms with Gasteiger partial charge in [-0.2, -0.15) is 5.10 Å². The predicted molar refractivity (Wildman–Crippen MR) is 87.7 cm³/mol. The van der Waals surface area contributed by atoms with Crippen molar-refractivity contribution in [3.05, 3.63) is 76.8 Å². The number of halogens is 1. The Morgan fingerprint density at radius 2 is 1.91 bits per heavy atom. The molecule has 1 heterocycles. The van der Waals surface area contributed by atoms with E-state index in [0.717, 1.165) is 15.7 Å². The first-order chi connectivity index (χ1) is 10.7. The van der Waals surface area contributed by atoms with Gasteiger partial charge < -0.3 is 5.32 Å². The maximum atomic E-state index is 12.2. The van der Waals surface area contributed by atoms with E-state index in [4.69, 9.17) is 0 Å². The van der Waals surface area contributed by atoms with E-state index in [0.29, 0.717) is 12.1 Å². The van der Waals surface area contributed by atoms with Crippen molar-refractivity contribution in [3.8, 4) is 0 Å². The Kier molecular flexibility index (Phi) is 4.29. The summed E-state index contributed by atoms with van der Waals surface area (Å²) < 4.78 is 2.59. The number of carbonyl (C=O) groups excluding carboxylic acids is 1. The number of hydrogen-bond donors (Lipinski definition) is 1. The minimum Gasteiger partial charge on any atom is -0.321 e. The third-order valence-corrected chi connectivity index (χ3v) is 3.84. The van der Waals surface area contributed by atoms with Gasteiger partial charge in [0.05, 0.1) is 12.2 Å². The first kappa shape index (κ1) is 14.5. The van der Waals surface area contributed by atoms with E-state index in [1.54, 1.807) is 23.1 Å². The Hall–Kier alpha value is -2.47. The Bertz CT molecular complexity index is 769. The number of amides is 1. The van der Waals surface area contributed by atoms with Crippen molar-refractivity contribution in [2.24, 2.45) is 0 Å². The standard InChI is InChI=1S/C16H13BrN4O/c17-14-3-1-2-4-15(14)20-16(22)13-7-5-12(6-8-13)9-21-11-18-10-19-21/h1-8,10-11H,9H2,(H,20,22). The van der Waals surface area contributed by atoms with Crippen LogP contribution in [0, 0.1) is 0 Å². The largest absolute Gasteiger partial charge is 0.321 e. The molecule has 5 nitrogen and oxygen atoms in total. The van der Waals surface area contributed by atoms with Crippen molar-refractivity contribution in [2.45, 2.75) is 6.54 Å². The normalized spacial score (nSPS) is 10.4. The van der Waals surface area contributed by atoms with Crippen LogP contribution in [0.25, 0.3) is 0 Å². The molecule has 0 fully saturated rings. The molecule has 1 amide bonds. The molecule has 22 heavy (non-hydrogen) atoms. The van der Waals surface area contributed by atoms with E-state index in [2.05, 4.69) is 31.3 Å². The van der Waals surface area contributed by atoms with Crippen molar-refractivity contribution >= 4 is 27.5 Å². The molecule has 0 saturated carbocycles. The Morgan fingerprint density at radius 1 is 1.14 bits per heavy atom. The topological polar surface area (TPSA) is 59.8 Å². The van der Waals surface area contributed by atoms with Gasteiger partial charge in [0.2, 0.25) is 0 Å². The minimum atomic E-state index is -0.140. The summed E-state index contributed by atoms with van der Waals surface area (Å²) in [6, 6.07) is 14.9. The number of para-hydroxylation sites is 1. The number of nitrogens with zero attached hydrogens (tertiary/aromatic N) is 3. The monoisotopic (exact) mass is 356 g/mol. The first-order valence-electron chi connectivity index (χ1n) is 6.69. The first-order valence-corrected chi connectivity index (χ1v) is 7.49. The van der Waals surface area contributed by atoms with Gasteiger partial charge in [0.25, 0.3) is 5.91 Å². The molecule has 110 valence electrons. The highest BCUT2D eigenvalue weighted by atomic mass is 79.9. The van der Waals surface area contributed by atoms with Gasteiger partial charge in [0.1, 0.15) is 12.7 Å². The lowest BCUT2D eigenvalue weighted by Gasteiger charge is -2.08. The van der Waals surface area contributed by atoms with Crippen LogP contribution in [-0.4, -0.2) is 20.7 Å². The van der Waals surface area contributed by atoms with Crippen LogP contribution in [0.2, 0.25) is 0 Å². The average molecular weight is 357 g/mol. The van der Waals surface area contributed by atoms with E-state index in [9.17, 15) is 4.79 Å². The molecule has 0 bridgehead atoms. The highest BCUT2D eigenvalue weighted by molar-refractivity contribution is 9.10. The van der Waals surface area contributed by atoms with Crippen LogP contribution in [0.4, 0.5) is 5.69 Å². The molecule has 1 aromatic heterocycles. The zero-order valence-electron chi connectivity index (χ0n) is 11.6. The molecule has 6 heteroatoms. The molecule has 0 saturated heterocycles. The summed E-state index contributed by atoms with van der Waals surface area (Å²) >= 11 is 3.41. The summed E-state index contributed by atoms with van der Waals surface area (Å²) in [6.45, 7) is 0.631. The minimum absolute atomic E-state index is 0.140. The van der Waals surface area contributed by atoms with E-state index < -0.39 is 0 Å². The van der Waals surface area contributed by atoms with Gasteiger partial charge in [-0.3, -0.25) is 4.79 Å². The molecule has 0 aliphatic heterocycles. The quantitative estimate of drug-likeness (QED) is 0.779. The van der Waals surface area contributed by atoms with Gasteiger partial charge in [-0.15, -0.1) is 0 Å². The molecule has 0 atom stereocenters. The number of benzene rings is 2. The number of rotatable bonds is 4. The lowest BCUT2D eigenvalue weighted by Crippen LogP contribution is -2.12. The summed E-state index contributed by atoms with van der Waals surface area (Å²) in [7, 11) is 0. The molecule has 3 aromatic rings. The van der Waals surface area contributed by atoms with E-state index in [1.165, 1.54) is 6.33 Å². The van der Waals surface area contributed by atoms with Crippen LogP contribution in [0.5, 0.6) is 0 Å². The van der Waals surface area contributed by atoms with E-state index in [-0.39, 0.29) is 5.91 Å². The van der Waals surface area contributed by atoms with Gasteiger partial charge in [-0.1, -0.05) is 24.3 Å². The SMILES string of the molecule is O=C(Nc1ccccc1Br)c1ccc(Cn2cncn2)cc1. The van der Waals surface area contributed by atoms with Crippen LogP contribution in [0.1, 0.15) is 15.9 Å². The molecule has 0 aliphatic rings. The summed E-state index contributed by atoms with van der Waals surface area (Å²) in [6.07, 6.45) is 3.16. The smallest absolute Gasteiger partial charge is 0.255 e. The molecule has 3 rings (SSSR count). The van der Waals surface area contributed by atoms with Crippen LogP contribution in [0.3, 0.4) is 0 Å². The fraction of sp³-hybridized carbons (Fsp3) is 0.0625. The van der Waals surface area contributed by atoms with Crippen LogP contribution < -0.4 is 5.32 Å². The summed E-state index contributed by atoms with van der Waals surface area (Å²) in [5, 5.41) is 6.93. The molecule has 0 spiro atoms. The van der Waals surface area contributed by atoms with Gasteiger partial charge in [-0.25, -0.2) is 9.67 Å². The predicted octanol–water partition coefficient (Wildman–Crippen LogP) is 3.34. The summed E-state index contributed by atoms with van der Waals surface area (Å²) in [5.74, 6) is -0.140. The van der Waals surface area contributed by atoms with Crippen molar-refractivity contribution in [2.75, 3.05) is 5.32 Å². The number of nitrogens with one attached hydrogen (secondary N) is 1. The molecule has 0 unspecified atom stereocenters. The lowest BCUT2D eigenvalue weighted by molar-refractivity contribution is 0.102. The summed E-state index contributed by atoms with van der Waals surface area (Å²) in [4.78, 5) is 16.1. The fourth-order valence-electron chi connectivity index (χ4n) is 2.02. The Morgan fingerprint density at radius 3 is 2.59 bits per heavy atom. The maximum Gasteiger partial charge on any atom is 0.255 e. The fourth-order valence-corrected chi connectivity index (χ4v) is 2.40. The number of carbonyl (C=O) groups is 1. The third-order valence-electron chi connectivity index (χ3n) is 3.15. The van der Waals surface area contributed by atoms with E-state index in [1.807, 2.05) is 36.4 Å². The van der Waals surface area contributed by atoms with E-state index >= 15 is 0 Å². The Balaban J connectivity index is 1.70. The second-order valence-corrected chi connectivity index (χ2v) is 5.58. The number of aromatic nitrogens is 3. The van der Waals surface area contributed by atoms with Crippen LogP contribution >= 0.6 is 15.9 Å². The third kappa shape index (κ3) is 3.40. The molecular weight excluding hydrogens is 344 g/mol. The summed E-state index contributed by atoms with van der Waals surface area (Å²) in [5.41, 5.74) is 2.42. The number of hydrogen-bond acceptors (Lipinski definition) is 3. The van der Waals surface area contributed by atoms with Gasteiger partial charge >= 0.3 is 0 Å². The van der Waals surface area contributed by atoms with Gasteiger partial charge in [-0.05, 0) is 45.8 Å². The van der Waals surface area contributed by atoms with Crippen molar-refractivity contribution < 1.29 is 4.79 Å². The molecule has 0 aliphatic carbocycles. The molecular formula is C16H13BrN4O. The average Bonchev–Trinajstić information content (AvgIpc) is 3.03. The molecule has 2 aromatic carbocycles. The zero-order valence-corrected chi connectivity index (χ0v) is 13.2. The second kappa shape index (κ2) is 6.53. The maximum absolute atomic E-state index is 12.2. The zero-order chi connectivity index (χ0) is 15.4. The van der Waals surface area contributed by atoms with Crippen LogP contribution in [-0.2, 0) is 6.54 Å². The lowest BCUT2D eigenvalue weighted by atomic mass is 10.1. The van der Waals surface area contributed by atoms with Crippen molar-refractivity contribution in [1.82, 2.24) is 14.8 Å². The molecule has 0 radical (unpaired) electrons.